The van der Waals surface area contributed by atoms with Gasteiger partial charge in [-0.2, -0.15) is 0 Å². The Balaban J connectivity index is 2.42. The second-order valence-electron chi connectivity index (χ2n) is 4.04. The van der Waals surface area contributed by atoms with Crippen molar-refractivity contribution in [2.75, 3.05) is 4.90 Å². The van der Waals surface area contributed by atoms with Crippen LogP contribution in [0.15, 0.2) is 36.4 Å². The van der Waals surface area contributed by atoms with Crippen LogP contribution >= 0.6 is 0 Å². The van der Waals surface area contributed by atoms with Gasteiger partial charge in [0.25, 0.3) is 11.8 Å². The number of Topliss-reactive ketones (excluding diaryl/α,β-unsaturated/α-hetero) is 1. The molecular weight excluding hydrogens is 230 g/mol. The number of carbonyl (C=O) groups excluding carboxylic acids is 3. The number of imide groups is 1. The fraction of sp³-hybridized carbons (Fsp3) is 0.214. The van der Waals surface area contributed by atoms with Crippen LogP contribution in [0.2, 0.25) is 0 Å². The number of amides is 2. The number of rotatable bonds is 4. The van der Waals surface area contributed by atoms with Crippen molar-refractivity contribution in [2.45, 2.75) is 19.8 Å². The third-order valence-corrected chi connectivity index (χ3v) is 2.73. The van der Waals surface area contributed by atoms with Crippen molar-refractivity contribution < 1.29 is 14.4 Å². The van der Waals surface area contributed by atoms with Gasteiger partial charge < -0.3 is 0 Å². The molecule has 0 N–H and O–H groups in total. The van der Waals surface area contributed by atoms with Gasteiger partial charge in [0.05, 0.1) is 5.69 Å². The zero-order valence-electron chi connectivity index (χ0n) is 10.1. The Kier molecular flexibility index (Phi) is 3.37. The summed E-state index contributed by atoms with van der Waals surface area (Å²) in [5.74, 6) is -0.867. The lowest BCUT2D eigenvalue weighted by Gasteiger charge is -2.17. The van der Waals surface area contributed by atoms with Crippen LogP contribution in [0.3, 0.4) is 0 Å². The molecule has 2 amide bonds. The maximum absolute atomic E-state index is 12.0. The molecule has 1 aliphatic rings. The molecule has 1 heterocycles. The van der Waals surface area contributed by atoms with E-state index in [2.05, 4.69) is 0 Å². The Morgan fingerprint density at radius 2 is 1.72 bits per heavy atom. The van der Waals surface area contributed by atoms with Gasteiger partial charge >= 0.3 is 0 Å². The molecule has 0 unspecified atom stereocenters. The Labute approximate surface area is 105 Å². The lowest BCUT2D eigenvalue weighted by Crippen LogP contribution is -2.31. The normalized spacial score (nSPS) is 14.4. The lowest BCUT2D eigenvalue weighted by atomic mass is 10.0. The van der Waals surface area contributed by atoms with E-state index >= 15 is 0 Å². The predicted octanol–water partition coefficient (Wildman–Crippen LogP) is 2.10. The first-order chi connectivity index (χ1) is 8.65. The second kappa shape index (κ2) is 4.96. The molecule has 0 bridgehead atoms. The van der Waals surface area contributed by atoms with E-state index in [1.165, 1.54) is 12.2 Å². The molecule has 0 fully saturated rings. The number of benzene rings is 1. The van der Waals surface area contributed by atoms with Gasteiger partial charge in [0, 0.05) is 24.1 Å². The average Bonchev–Trinajstić information content (AvgIpc) is 2.69. The van der Waals surface area contributed by atoms with E-state index in [4.69, 9.17) is 0 Å². The smallest absolute Gasteiger partial charge is 0.258 e. The van der Waals surface area contributed by atoms with E-state index in [-0.39, 0.29) is 5.78 Å². The fourth-order valence-corrected chi connectivity index (χ4v) is 1.90. The highest BCUT2D eigenvalue weighted by Gasteiger charge is 2.28. The first-order valence-electron chi connectivity index (χ1n) is 5.83. The molecule has 92 valence electrons. The third kappa shape index (κ3) is 2.09. The molecule has 0 aliphatic carbocycles. The van der Waals surface area contributed by atoms with Gasteiger partial charge in [0.2, 0.25) is 0 Å². The summed E-state index contributed by atoms with van der Waals surface area (Å²) in [5.41, 5.74) is 0.792. The van der Waals surface area contributed by atoms with Gasteiger partial charge in [-0.15, -0.1) is 0 Å². The number of hydrogen-bond donors (Lipinski definition) is 0. The number of carbonyl (C=O) groups is 3. The van der Waals surface area contributed by atoms with E-state index < -0.39 is 11.8 Å². The van der Waals surface area contributed by atoms with E-state index in [1.54, 1.807) is 24.3 Å². The van der Waals surface area contributed by atoms with Crippen LogP contribution in [0.5, 0.6) is 0 Å². The maximum atomic E-state index is 12.0. The van der Waals surface area contributed by atoms with Crippen LogP contribution in [0, 0.1) is 0 Å². The quantitative estimate of drug-likeness (QED) is 0.601. The van der Waals surface area contributed by atoms with Crippen LogP contribution < -0.4 is 4.90 Å². The summed E-state index contributed by atoms with van der Waals surface area (Å²) in [6.45, 7) is 1.91. The van der Waals surface area contributed by atoms with E-state index in [0.717, 1.165) is 11.3 Å². The van der Waals surface area contributed by atoms with Crippen molar-refractivity contribution >= 4 is 23.3 Å². The standard InChI is InChI=1S/C14H13NO3/c1-2-5-12(16)10-6-3-4-7-11(10)15-13(17)8-9-14(15)18/h3-4,6-9H,2,5H2,1H3. The summed E-state index contributed by atoms with van der Waals surface area (Å²) in [4.78, 5) is 36.2. The molecule has 1 aliphatic heterocycles. The first kappa shape index (κ1) is 12.2. The van der Waals surface area contributed by atoms with E-state index in [9.17, 15) is 14.4 Å². The molecule has 0 aromatic heterocycles. The van der Waals surface area contributed by atoms with Gasteiger partial charge in [0.15, 0.2) is 5.78 Å². The number of anilines is 1. The number of nitrogens with zero attached hydrogens (tertiary/aromatic N) is 1. The van der Waals surface area contributed by atoms with Crippen LogP contribution in [0.1, 0.15) is 30.1 Å². The van der Waals surface area contributed by atoms with Crippen molar-refractivity contribution in [1.29, 1.82) is 0 Å². The van der Waals surface area contributed by atoms with Crippen molar-refractivity contribution in [3.8, 4) is 0 Å². The molecule has 1 aromatic rings. The summed E-state index contributed by atoms with van der Waals surface area (Å²) >= 11 is 0. The van der Waals surface area contributed by atoms with Gasteiger partial charge in [-0.3, -0.25) is 14.4 Å². The van der Waals surface area contributed by atoms with Crippen molar-refractivity contribution in [1.82, 2.24) is 0 Å². The number of ketones is 1. The lowest BCUT2D eigenvalue weighted by molar-refractivity contribution is -0.119. The zero-order valence-corrected chi connectivity index (χ0v) is 10.1. The van der Waals surface area contributed by atoms with Gasteiger partial charge in [-0.05, 0) is 18.6 Å². The monoisotopic (exact) mass is 243 g/mol. The minimum Gasteiger partial charge on any atom is -0.294 e. The fourth-order valence-electron chi connectivity index (χ4n) is 1.90. The van der Waals surface area contributed by atoms with E-state index in [0.29, 0.717) is 17.7 Å². The van der Waals surface area contributed by atoms with Crippen LogP contribution in [-0.4, -0.2) is 17.6 Å². The SMILES string of the molecule is CCCC(=O)c1ccccc1N1C(=O)C=CC1=O. The van der Waals surface area contributed by atoms with Gasteiger partial charge in [-0.25, -0.2) is 4.90 Å². The molecule has 0 saturated carbocycles. The molecule has 0 spiro atoms. The summed E-state index contributed by atoms with van der Waals surface area (Å²) in [6, 6.07) is 6.69. The molecular formula is C14H13NO3. The molecule has 0 radical (unpaired) electrons. The number of para-hydroxylation sites is 1. The summed E-state index contributed by atoms with van der Waals surface area (Å²) in [6.07, 6.45) is 3.56. The maximum Gasteiger partial charge on any atom is 0.258 e. The highest BCUT2D eigenvalue weighted by molar-refractivity contribution is 6.29. The summed E-state index contributed by atoms with van der Waals surface area (Å²) < 4.78 is 0. The molecule has 0 atom stereocenters. The first-order valence-corrected chi connectivity index (χ1v) is 5.83. The van der Waals surface area contributed by atoms with Crippen LogP contribution in [0.25, 0.3) is 0 Å². The molecule has 1 aromatic carbocycles. The largest absolute Gasteiger partial charge is 0.294 e. The van der Waals surface area contributed by atoms with Crippen LogP contribution in [-0.2, 0) is 9.59 Å². The third-order valence-electron chi connectivity index (χ3n) is 2.73. The predicted molar refractivity (Wildman–Crippen MR) is 67.3 cm³/mol. The Bertz CT molecular complexity index is 528. The van der Waals surface area contributed by atoms with E-state index in [1.807, 2.05) is 6.92 Å². The molecule has 18 heavy (non-hydrogen) atoms. The minimum atomic E-state index is -0.406. The Morgan fingerprint density at radius 1 is 1.11 bits per heavy atom. The Morgan fingerprint density at radius 3 is 2.33 bits per heavy atom. The minimum absolute atomic E-state index is 0.0550. The molecule has 2 rings (SSSR count). The molecule has 0 saturated heterocycles. The Hall–Kier alpha value is -2.23. The van der Waals surface area contributed by atoms with Crippen molar-refractivity contribution in [3.05, 3.63) is 42.0 Å². The highest BCUT2D eigenvalue weighted by atomic mass is 16.2. The van der Waals surface area contributed by atoms with Crippen molar-refractivity contribution in [2.24, 2.45) is 0 Å². The second-order valence-corrected chi connectivity index (χ2v) is 4.04. The van der Waals surface area contributed by atoms with Gasteiger partial charge in [0.1, 0.15) is 0 Å². The van der Waals surface area contributed by atoms with Gasteiger partial charge in [-0.1, -0.05) is 19.1 Å². The molecule has 4 heteroatoms. The molecule has 4 nitrogen and oxygen atoms in total. The van der Waals surface area contributed by atoms with Crippen molar-refractivity contribution in [3.63, 3.8) is 0 Å². The van der Waals surface area contributed by atoms with Crippen LogP contribution in [0.4, 0.5) is 5.69 Å². The summed E-state index contributed by atoms with van der Waals surface area (Å²) in [7, 11) is 0. The zero-order chi connectivity index (χ0) is 13.1. The summed E-state index contributed by atoms with van der Waals surface area (Å²) in [5, 5.41) is 0. The topological polar surface area (TPSA) is 54.5 Å². The number of hydrogen-bond acceptors (Lipinski definition) is 3. The highest BCUT2D eigenvalue weighted by Crippen LogP contribution is 2.25. The average molecular weight is 243 g/mol.